The third-order valence-electron chi connectivity index (χ3n) is 5.45. The molecule has 0 bridgehead atoms. The second-order valence-electron chi connectivity index (χ2n) is 7.82. The van der Waals surface area contributed by atoms with Gasteiger partial charge in [0.05, 0.1) is 30.6 Å². The zero-order valence-corrected chi connectivity index (χ0v) is 19.4. The lowest BCUT2D eigenvalue weighted by Gasteiger charge is -2.44. The second-order valence-corrected chi connectivity index (χ2v) is 9.67. The molecule has 1 amide bonds. The SMILES string of the molecule is COC(=O)c1ccc(CN(c2ccccc2)S(=O)(=O)N2C[C@@H](C)N(C(C)=O)[C@@H](C)C2)nc1. The monoisotopic (exact) mass is 460 g/mol. The Morgan fingerprint density at radius 2 is 1.72 bits per heavy atom. The Hall–Kier alpha value is -2.98. The van der Waals surface area contributed by atoms with E-state index in [0.717, 1.165) is 0 Å². The largest absolute Gasteiger partial charge is 0.465 e. The fourth-order valence-electron chi connectivity index (χ4n) is 4.03. The van der Waals surface area contributed by atoms with E-state index in [-0.39, 0.29) is 43.2 Å². The Morgan fingerprint density at radius 1 is 1.09 bits per heavy atom. The summed E-state index contributed by atoms with van der Waals surface area (Å²) in [6.45, 7) is 5.58. The predicted molar refractivity (Wildman–Crippen MR) is 120 cm³/mol. The molecule has 9 nitrogen and oxygen atoms in total. The van der Waals surface area contributed by atoms with Gasteiger partial charge >= 0.3 is 16.2 Å². The number of anilines is 1. The van der Waals surface area contributed by atoms with Crippen molar-refractivity contribution < 1.29 is 22.7 Å². The number of nitrogens with zero attached hydrogens (tertiary/aromatic N) is 4. The highest BCUT2D eigenvalue weighted by Crippen LogP contribution is 2.26. The van der Waals surface area contributed by atoms with E-state index in [1.807, 2.05) is 19.9 Å². The van der Waals surface area contributed by atoms with Gasteiger partial charge in [-0.3, -0.25) is 14.1 Å². The molecule has 2 aromatic rings. The summed E-state index contributed by atoms with van der Waals surface area (Å²) in [5, 5.41) is 0. The molecule has 1 aromatic heterocycles. The molecule has 172 valence electrons. The van der Waals surface area contributed by atoms with Gasteiger partial charge in [0.15, 0.2) is 0 Å². The van der Waals surface area contributed by atoms with Crippen LogP contribution in [0, 0.1) is 0 Å². The van der Waals surface area contributed by atoms with Gasteiger partial charge in [-0.1, -0.05) is 18.2 Å². The molecule has 1 aromatic carbocycles. The minimum atomic E-state index is -3.92. The third-order valence-corrected chi connectivity index (χ3v) is 7.30. The molecule has 1 fully saturated rings. The zero-order valence-electron chi connectivity index (χ0n) is 18.6. The molecule has 0 saturated carbocycles. The van der Waals surface area contributed by atoms with Crippen molar-refractivity contribution in [1.82, 2.24) is 14.2 Å². The van der Waals surface area contributed by atoms with Gasteiger partial charge in [-0.2, -0.15) is 12.7 Å². The second kappa shape index (κ2) is 9.66. The summed E-state index contributed by atoms with van der Waals surface area (Å²) in [5.41, 5.74) is 1.27. The Labute approximate surface area is 188 Å². The lowest BCUT2D eigenvalue weighted by atomic mass is 10.1. The molecule has 0 N–H and O–H groups in total. The molecule has 1 aliphatic rings. The maximum absolute atomic E-state index is 13.7. The lowest BCUT2D eigenvalue weighted by molar-refractivity contribution is -0.135. The van der Waals surface area contributed by atoms with Crippen LogP contribution in [-0.4, -0.2) is 66.8 Å². The van der Waals surface area contributed by atoms with Crippen LogP contribution in [0.5, 0.6) is 0 Å². The van der Waals surface area contributed by atoms with Crippen LogP contribution in [0.2, 0.25) is 0 Å². The van der Waals surface area contributed by atoms with Gasteiger partial charge in [0.25, 0.3) is 0 Å². The van der Waals surface area contributed by atoms with Crippen LogP contribution < -0.4 is 4.31 Å². The molecule has 2 atom stereocenters. The number of piperazine rings is 1. The van der Waals surface area contributed by atoms with E-state index in [2.05, 4.69) is 9.72 Å². The number of methoxy groups -OCH3 is 1. The predicted octanol–water partition coefficient (Wildman–Crippen LogP) is 2.06. The molecular formula is C22H28N4O5S. The van der Waals surface area contributed by atoms with Crippen LogP contribution in [-0.2, 0) is 26.3 Å². The van der Waals surface area contributed by atoms with Gasteiger partial charge in [0.1, 0.15) is 0 Å². The highest BCUT2D eigenvalue weighted by molar-refractivity contribution is 7.90. The number of benzene rings is 1. The molecule has 0 aliphatic carbocycles. The van der Waals surface area contributed by atoms with Crippen LogP contribution in [0.15, 0.2) is 48.7 Å². The molecule has 3 rings (SSSR count). The first-order valence-corrected chi connectivity index (χ1v) is 11.7. The Bertz CT molecular complexity index is 1050. The number of carbonyl (C=O) groups is 2. The number of esters is 1. The molecular weight excluding hydrogens is 432 g/mol. The van der Waals surface area contributed by atoms with Gasteiger partial charge < -0.3 is 9.64 Å². The first-order valence-electron chi connectivity index (χ1n) is 10.3. The number of hydrogen-bond acceptors (Lipinski definition) is 6. The van der Waals surface area contributed by atoms with Crippen molar-refractivity contribution in [2.45, 2.75) is 39.4 Å². The van der Waals surface area contributed by atoms with E-state index in [4.69, 9.17) is 0 Å². The fourth-order valence-corrected chi connectivity index (χ4v) is 5.80. The average Bonchev–Trinajstić information content (AvgIpc) is 2.77. The van der Waals surface area contributed by atoms with E-state index in [9.17, 15) is 18.0 Å². The summed E-state index contributed by atoms with van der Waals surface area (Å²) in [6, 6.07) is 11.5. The van der Waals surface area contributed by atoms with Gasteiger partial charge in [-0.25, -0.2) is 4.79 Å². The van der Waals surface area contributed by atoms with E-state index >= 15 is 0 Å². The number of ether oxygens (including phenoxy) is 1. The van der Waals surface area contributed by atoms with Crippen molar-refractivity contribution in [1.29, 1.82) is 0 Å². The number of rotatable bonds is 6. The van der Waals surface area contributed by atoms with Crippen molar-refractivity contribution in [3.05, 3.63) is 59.9 Å². The van der Waals surface area contributed by atoms with Crippen LogP contribution in [0.4, 0.5) is 5.69 Å². The van der Waals surface area contributed by atoms with Crippen molar-refractivity contribution in [3.63, 3.8) is 0 Å². The number of para-hydroxylation sites is 1. The van der Waals surface area contributed by atoms with Crippen molar-refractivity contribution in [2.75, 3.05) is 24.5 Å². The molecule has 32 heavy (non-hydrogen) atoms. The van der Waals surface area contributed by atoms with Crippen LogP contribution in [0.1, 0.15) is 36.8 Å². The summed E-state index contributed by atoms with van der Waals surface area (Å²) in [7, 11) is -2.64. The fraction of sp³-hybridized carbons (Fsp3) is 0.409. The molecule has 1 aliphatic heterocycles. The van der Waals surface area contributed by atoms with Crippen LogP contribution in [0.3, 0.4) is 0 Å². The average molecular weight is 461 g/mol. The highest BCUT2D eigenvalue weighted by Gasteiger charge is 2.39. The van der Waals surface area contributed by atoms with Crippen molar-refractivity contribution >= 4 is 27.8 Å². The molecule has 1 saturated heterocycles. The summed E-state index contributed by atoms with van der Waals surface area (Å²) in [4.78, 5) is 29.6. The van der Waals surface area contributed by atoms with Crippen molar-refractivity contribution in [3.8, 4) is 0 Å². The van der Waals surface area contributed by atoms with Crippen LogP contribution in [0.25, 0.3) is 0 Å². The minimum Gasteiger partial charge on any atom is -0.465 e. The standard InChI is InChI=1S/C22H28N4O5S/c1-16-13-24(14-17(2)26(16)18(3)27)32(29,30)25(21-8-6-5-7-9-21)15-20-11-10-19(12-23-20)22(28)31-4/h5-12,16-17H,13-15H2,1-4H3/t16-,17+. The maximum atomic E-state index is 13.7. The zero-order chi connectivity index (χ0) is 23.5. The Kier molecular flexibility index (Phi) is 7.15. The number of aromatic nitrogens is 1. The van der Waals surface area contributed by atoms with Gasteiger partial charge in [0.2, 0.25) is 5.91 Å². The third kappa shape index (κ3) is 4.91. The Balaban J connectivity index is 1.92. The summed E-state index contributed by atoms with van der Waals surface area (Å²) in [6.07, 6.45) is 1.37. The normalized spacial score (nSPS) is 19.4. The highest BCUT2D eigenvalue weighted by atomic mass is 32.2. The summed E-state index contributed by atoms with van der Waals surface area (Å²) < 4.78 is 34.9. The van der Waals surface area contributed by atoms with E-state index in [0.29, 0.717) is 11.4 Å². The van der Waals surface area contributed by atoms with Crippen molar-refractivity contribution in [2.24, 2.45) is 0 Å². The molecule has 0 spiro atoms. The maximum Gasteiger partial charge on any atom is 0.339 e. The number of pyridine rings is 1. The summed E-state index contributed by atoms with van der Waals surface area (Å²) >= 11 is 0. The summed E-state index contributed by atoms with van der Waals surface area (Å²) in [5.74, 6) is -0.584. The smallest absolute Gasteiger partial charge is 0.339 e. The number of hydrogen-bond donors (Lipinski definition) is 0. The van der Waals surface area contributed by atoms with Gasteiger partial charge in [-0.05, 0) is 38.1 Å². The topological polar surface area (TPSA) is 100 Å². The van der Waals surface area contributed by atoms with E-state index in [1.165, 1.54) is 28.8 Å². The molecule has 10 heteroatoms. The molecule has 0 unspecified atom stereocenters. The van der Waals surface area contributed by atoms with E-state index < -0.39 is 16.2 Å². The molecule has 0 radical (unpaired) electrons. The Morgan fingerprint density at radius 3 is 2.22 bits per heavy atom. The van der Waals surface area contributed by atoms with Gasteiger partial charge in [-0.15, -0.1) is 0 Å². The minimum absolute atomic E-state index is 0.0104. The quantitative estimate of drug-likeness (QED) is 0.612. The number of carbonyl (C=O) groups excluding carboxylic acids is 2. The van der Waals surface area contributed by atoms with E-state index in [1.54, 1.807) is 41.3 Å². The number of amides is 1. The first-order chi connectivity index (χ1) is 15.1. The molecule has 2 heterocycles. The van der Waals surface area contributed by atoms with Crippen LogP contribution >= 0.6 is 0 Å². The van der Waals surface area contributed by atoms with Gasteiger partial charge in [0, 0.05) is 38.3 Å². The lowest BCUT2D eigenvalue weighted by Crippen LogP contribution is -2.61. The first kappa shape index (κ1) is 23.7.